The first kappa shape index (κ1) is 16.2. The van der Waals surface area contributed by atoms with E-state index in [-0.39, 0.29) is 11.8 Å². The van der Waals surface area contributed by atoms with E-state index in [9.17, 15) is 4.79 Å². The van der Waals surface area contributed by atoms with E-state index in [1.165, 1.54) is 6.33 Å². The molecule has 8 heteroatoms. The molecule has 0 aliphatic carbocycles. The number of hydrogen-bond acceptors (Lipinski definition) is 4. The van der Waals surface area contributed by atoms with Gasteiger partial charge in [0.05, 0.1) is 17.3 Å². The van der Waals surface area contributed by atoms with Crippen LogP contribution in [0.25, 0.3) is 5.69 Å². The average molecular weight is 355 g/mol. The van der Waals surface area contributed by atoms with Gasteiger partial charge in [-0.15, -0.1) is 0 Å². The summed E-state index contributed by atoms with van der Waals surface area (Å²) >= 11 is 12.2. The molecular weight excluding hydrogens is 339 g/mol. The van der Waals surface area contributed by atoms with Crippen molar-refractivity contribution in [1.82, 2.24) is 19.7 Å². The number of halogens is 2. The summed E-state index contributed by atoms with van der Waals surface area (Å²) in [7, 11) is 1.62. The fourth-order valence-electron chi connectivity index (χ4n) is 2.73. The number of rotatable bonds is 5. The monoisotopic (exact) mass is 354 g/mol. The van der Waals surface area contributed by atoms with Crippen molar-refractivity contribution in [3.8, 4) is 5.69 Å². The van der Waals surface area contributed by atoms with Gasteiger partial charge in [-0.25, -0.2) is 9.67 Å². The molecule has 1 fully saturated rings. The zero-order chi connectivity index (χ0) is 16.4. The van der Waals surface area contributed by atoms with Gasteiger partial charge in [0.1, 0.15) is 12.2 Å². The molecule has 1 saturated heterocycles. The highest BCUT2D eigenvalue weighted by atomic mass is 35.5. The highest BCUT2D eigenvalue weighted by Gasteiger charge is 2.33. The van der Waals surface area contributed by atoms with Gasteiger partial charge in [-0.3, -0.25) is 4.79 Å². The number of carbonyl (C=O) groups excluding carboxylic acids is 1. The maximum absolute atomic E-state index is 12.1. The van der Waals surface area contributed by atoms with Crippen molar-refractivity contribution in [1.29, 1.82) is 0 Å². The van der Waals surface area contributed by atoms with Crippen LogP contribution in [0, 0.1) is 0 Å². The number of amides is 1. The molecule has 0 spiro atoms. The Morgan fingerprint density at radius 1 is 1.39 bits per heavy atom. The van der Waals surface area contributed by atoms with Crippen LogP contribution in [0.5, 0.6) is 0 Å². The fourth-order valence-corrected chi connectivity index (χ4v) is 3.22. The molecule has 122 valence electrons. The number of aromatic nitrogens is 3. The second kappa shape index (κ2) is 6.86. The lowest BCUT2D eigenvalue weighted by Gasteiger charge is -2.16. The molecule has 1 aromatic heterocycles. The quantitative estimate of drug-likeness (QED) is 0.827. The van der Waals surface area contributed by atoms with Gasteiger partial charge in [0.15, 0.2) is 0 Å². The van der Waals surface area contributed by atoms with E-state index in [0.29, 0.717) is 41.8 Å². The Hall–Kier alpha value is -1.63. The lowest BCUT2D eigenvalue weighted by Crippen LogP contribution is -2.28. The minimum atomic E-state index is -0.0198. The van der Waals surface area contributed by atoms with Crippen LogP contribution in [-0.4, -0.2) is 52.4 Å². The highest BCUT2D eigenvalue weighted by Crippen LogP contribution is 2.30. The first-order valence-electron chi connectivity index (χ1n) is 7.22. The number of hydrogen-bond donors (Lipinski definition) is 0. The van der Waals surface area contributed by atoms with Crippen molar-refractivity contribution in [2.75, 3.05) is 26.8 Å². The van der Waals surface area contributed by atoms with Crippen molar-refractivity contribution >= 4 is 29.1 Å². The van der Waals surface area contributed by atoms with Gasteiger partial charge in [-0.05, 0) is 18.2 Å². The van der Waals surface area contributed by atoms with Crippen molar-refractivity contribution in [2.24, 2.45) is 0 Å². The second-order valence-corrected chi connectivity index (χ2v) is 6.20. The van der Waals surface area contributed by atoms with Crippen LogP contribution >= 0.6 is 23.2 Å². The Balaban J connectivity index is 1.86. The van der Waals surface area contributed by atoms with Gasteiger partial charge in [-0.1, -0.05) is 23.2 Å². The first-order valence-corrected chi connectivity index (χ1v) is 7.97. The lowest BCUT2D eigenvalue weighted by atomic mass is 10.1. The number of carbonyl (C=O) groups is 1. The topological polar surface area (TPSA) is 60.2 Å². The molecule has 0 bridgehead atoms. The third-order valence-electron chi connectivity index (χ3n) is 3.86. The Kier molecular flexibility index (Phi) is 4.84. The number of likely N-dealkylation sites (tertiary alicyclic amines) is 1. The highest BCUT2D eigenvalue weighted by molar-refractivity contribution is 6.35. The molecular formula is C15H16Cl2N4O2. The lowest BCUT2D eigenvalue weighted by molar-refractivity contribution is -0.128. The Morgan fingerprint density at radius 2 is 2.22 bits per heavy atom. The summed E-state index contributed by atoms with van der Waals surface area (Å²) in [5.74, 6) is 0.805. The summed E-state index contributed by atoms with van der Waals surface area (Å²) in [5.41, 5.74) is 0.700. The first-order chi connectivity index (χ1) is 11.1. The van der Waals surface area contributed by atoms with Gasteiger partial charge in [0.25, 0.3) is 0 Å². The molecule has 2 aromatic rings. The van der Waals surface area contributed by atoms with Gasteiger partial charge in [-0.2, -0.15) is 5.10 Å². The van der Waals surface area contributed by atoms with Gasteiger partial charge in [0, 0.05) is 37.6 Å². The van der Waals surface area contributed by atoms with Crippen molar-refractivity contribution in [3.05, 3.63) is 40.4 Å². The molecule has 1 aromatic carbocycles. The van der Waals surface area contributed by atoms with E-state index in [2.05, 4.69) is 10.1 Å². The molecule has 0 radical (unpaired) electrons. The number of methoxy groups -OCH3 is 1. The Morgan fingerprint density at radius 3 is 2.96 bits per heavy atom. The number of nitrogens with zero attached hydrogens (tertiary/aromatic N) is 4. The maximum Gasteiger partial charge on any atom is 0.223 e. The number of benzene rings is 1. The summed E-state index contributed by atoms with van der Waals surface area (Å²) in [6.07, 6.45) is 1.89. The smallest absolute Gasteiger partial charge is 0.223 e. The van der Waals surface area contributed by atoms with E-state index >= 15 is 0 Å². The Bertz CT molecular complexity index is 719. The van der Waals surface area contributed by atoms with E-state index in [4.69, 9.17) is 27.9 Å². The van der Waals surface area contributed by atoms with Gasteiger partial charge < -0.3 is 9.64 Å². The van der Waals surface area contributed by atoms with Crippen molar-refractivity contribution in [3.63, 3.8) is 0 Å². The number of ether oxygens (including phenoxy) is 1. The molecule has 1 aliphatic rings. The van der Waals surface area contributed by atoms with Crippen LogP contribution < -0.4 is 0 Å². The molecule has 2 heterocycles. The van der Waals surface area contributed by atoms with Gasteiger partial charge in [0.2, 0.25) is 5.91 Å². The predicted octanol–water partition coefficient (Wildman–Crippen LogP) is 2.54. The van der Waals surface area contributed by atoms with Crippen LogP contribution in [0.4, 0.5) is 0 Å². The van der Waals surface area contributed by atoms with Crippen molar-refractivity contribution in [2.45, 2.75) is 12.3 Å². The van der Waals surface area contributed by atoms with E-state index in [0.717, 1.165) is 5.82 Å². The zero-order valence-corrected chi connectivity index (χ0v) is 14.1. The van der Waals surface area contributed by atoms with Crippen LogP contribution in [0.1, 0.15) is 18.2 Å². The molecule has 1 unspecified atom stereocenters. The molecule has 0 saturated carbocycles. The summed E-state index contributed by atoms with van der Waals surface area (Å²) in [4.78, 5) is 18.2. The van der Waals surface area contributed by atoms with Crippen LogP contribution in [-0.2, 0) is 9.53 Å². The fraction of sp³-hybridized carbons (Fsp3) is 0.400. The van der Waals surface area contributed by atoms with Gasteiger partial charge >= 0.3 is 0 Å². The average Bonchev–Trinajstić information content (AvgIpc) is 3.12. The van der Waals surface area contributed by atoms with E-state index in [1.807, 2.05) is 0 Å². The minimum absolute atomic E-state index is 0.0198. The minimum Gasteiger partial charge on any atom is -0.383 e. The molecule has 1 atom stereocenters. The molecule has 0 N–H and O–H groups in total. The van der Waals surface area contributed by atoms with E-state index < -0.39 is 0 Å². The summed E-state index contributed by atoms with van der Waals surface area (Å²) < 4.78 is 6.72. The van der Waals surface area contributed by atoms with Crippen LogP contribution in [0.2, 0.25) is 10.0 Å². The van der Waals surface area contributed by atoms with Crippen LogP contribution in [0.3, 0.4) is 0 Å². The van der Waals surface area contributed by atoms with Crippen molar-refractivity contribution < 1.29 is 9.53 Å². The SMILES string of the molecule is COCCN1CC(c2ncnn2-c2ccc(Cl)cc2Cl)CC1=O. The third-order valence-corrected chi connectivity index (χ3v) is 4.39. The molecule has 1 aliphatic heterocycles. The third kappa shape index (κ3) is 3.34. The largest absolute Gasteiger partial charge is 0.383 e. The molecule has 6 nitrogen and oxygen atoms in total. The molecule has 1 amide bonds. The molecule has 23 heavy (non-hydrogen) atoms. The second-order valence-electron chi connectivity index (χ2n) is 5.36. The van der Waals surface area contributed by atoms with E-state index in [1.54, 1.807) is 34.9 Å². The summed E-state index contributed by atoms with van der Waals surface area (Å²) in [6, 6.07) is 5.20. The maximum atomic E-state index is 12.1. The zero-order valence-electron chi connectivity index (χ0n) is 12.6. The normalized spacial score (nSPS) is 18.0. The summed E-state index contributed by atoms with van der Waals surface area (Å²) in [5, 5.41) is 5.31. The summed E-state index contributed by atoms with van der Waals surface area (Å²) in [6.45, 7) is 1.71. The predicted molar refractivity (Wildman–Crippen MR) is 87.2 cm³/mol. The van der Waals surface area contributed by atoms with Crippen LogP contribution in [0.15, 0.2) is 24.5 Å². The standard InChI is InChI=1S/C15H16Cl2N4O2/c1-23-5-4-20-8-10(6-14(20)22)15-18-9-19-21(15)13-3-2-11(16)7-12(13)17/h2-3,7,9-10H,4-6,8H2,1H3. The Labute approximate surface area is 144 Å². The molecule has 3 rings (SSSR count).